The molecule has 218 valence electrons. The minimum atomic E-state index is 0.572. The van der Waals surface area contributed by atoms with Crippen molar-refractivity contribution < 1.29 is 9.15 Å². The lowest BCUT2D eigenvalue weighted by Crippen LogP contribution is -1.93. The summed E-state index contributed by atoms with van der Waals surface area (Å²) in [5.74, 6) is 0. The van der Waals surface area contributed by atoms with Gasteiger partial charge in [-0.15, -0.1) is 0 Å². The molecular weight excluding hydrogens is 562 g/mol. The predicted molar refractivity (Wildman–Crippen MR) is 187 cm³/mol. The van der Waals surface area contributed by atoms with Crippen LogP contribution >= 0.6 is 0 Å². The summed E-state index contributed by atoms with van der Waals surface area (Å²) < 4.78 is 12.4. The SMILES string of the molecule is c1ccc(-c2cc(-c3ccc4c(c3)-c3cc(-c5cccc6oc7ccccc7c56)ccc3COC4)cc(-c3ccccc3)n2)cc1. The second-order valence-corrected chi connectivity index (χ2v) is 11.9. The van der Waals surface area contributed by atoms with Crippen molar-refractivity contribution in [3.05, 3.63) is 163 Å². The van der Waals surface area contributed by atoms with Gasteiger partial charge in [0.15, 0.2) is 0 Å². The third-order valence-electron chi connectivity index (χ3n) is 9.04. The third kappa shape index (κ3) is 4.61. The van der Waals surface area contributed by atoms with Crippen LogP contribution in [0.5, 0.6) is 0 Å². The quantitative estimate of drug-likeness (QED) is 0.204. The smallest absolute Gasteiger partial charge is 0.136 e. The van der Waals surface area contributed by atoms with Crippen LogP contribution < -0.4 is 0 Å². The average molecular weight is 592 g/mol. The zero-order valence-electron chi connectivity index (χ0n) is 25.1. The van der Waals surface area contributed by atoms with Gasteiger partial charge in [0.2, 0.25) is 0 Å². The van der Waals surface area contributed by atoms with Crippen LogP contribution in [0, 0.1) is 0 Å². The van der Waals surface area contributed by atoms with Gasteiger partial charge >= 0.3 is 0 Å². The molecule has 3 nitrogen and oxygen atoms in total. The van der Waals surface area contributed by atoms with Crippen molar-refractivity contribution in [2.24, 2.45) is 0 Å². The maximum atomic E-state index is 6.23. The van der Waals surface area contributed by atoms with Crippen molar-refractivity contribution >= 4 is 21.9 Å². The van der Waals surface area contributed by atoms with Gasteiger partial charge in [-0.25, -0.2) is 4.98 Å². The monoisotopic (exact) mass is 591 g/mol. The van der Waals surface area contributed by atoms with Crippen LogP contribution in [0.25, 0.3) is 77.8 Å². The van der Waals surface area contributed by atoms with Crippen LogP contribution in [0.3, 0.4) is 0 Å². The molecule has 0 saturated heterocycles. The van der Waals surface area contributed by atoms with Crippen LogP contribution in [0.2, 0.25) is 0 Å². The molecule has 3 heterocycles. The topological polar surface area (TPSA) is 35.3 Å². The Morgan fingerprint density at radius 3 is 1.70 bits per heavy atom. The summed E-state index contributed by atoms with van der Waals surface area (Å²) in [6, 6.07) is 53.4. The molecule has 3 heteroatoms. The van der Waals surface area contributed by atoms with E-state index in [0.717, 1.165) is 61.1 Å². The van der Waals surface area contributed by atoms with Gasteiger partial charge < -0.3 is 9.15 Å². The predicted octanol–water partition coefficient (Wildman–Crippen LogP) is 11.3. The normalized spacial score (nSPS) is 12.5. The molecule has 9 rings (SSSR count). The zero-order valence-corrected chi connectivity index (χ0v) is 25.1. The lowest BCUT2D eigenvalue weighted by atomic mass is 9.89. The molecule has 0 atom stereocenters. The highest BCUT2D eigenvalue weighted by Gasteiger charge is 2.19. The Morgan fingerprint density at radius 2 is 1.00 bits per heavy atom. The molecule has 0 amide bonds. The van der Waals surface area contributed by atoms with E-state index < -0.39 is 0 Å². The molecule has 6 aromatic carbocycles. The van der Waals surface area contributed by atoms with Crippen molar-refractivity contribution in [3.63, 3.8) is 0 Å². The van der Waals surface area contributed by atoms with E-state index in [1.54, 1.807) is 0 Å². The van der Waals surface area contributed by atoms with Gasteiger partial charge in [-0.2, -0.15) is 0 Å². The molecule has 0 spiro atoms. The van der Waals surface area contributed by atoms with Crippen LogP contribution in [0.4, 0.5) is 0 Å². The molecule has 2 aromatic heterocycles. The Morgan fingerprint density at radius 1 is 0.413 bits per heavy atom. The molecule has 0 bridgehead atoms. The molecule has 0 saturated carbocycles. The minimum Gasteiger partial charge on any atom is -0.456 e. The van der Waals surface area contributed by atoms with Crippen LogP contribution in [0.15, 0.2) is 156 Å². The molecule has 1 aliphatic heterocycles. The van der Waals surface area contributed by atoms with Gasteiger partial charge in [-0.3, -0.25) is 0 Å². The van der Waals surface area contributed by atoms with Gasteiger partial charge in [-0.05, 0) is 80.9 Å². The van der Waals surface area contributed by atoms with Gasteiger partial charge in [0.05, 0.1) is 24.6 Å². The number of fused-ring (bicyclic) bond motifs is 6. The van der Waals surface area contributed by atoms with E-state index in [1.165, 1.54) is 27.8 Å². The first-order chi connectivity index (χ1) is 22.8. The average Bonchev–Trinajstić information content (AvgIpc) is 3.41. The third-order valence-corrected chi connectivity index (χ3v) is 9.04. The number of benzene rings is 6. The van der Waals surface area contributed by atoms with Gasteiger partial charge in [-0.1, -0.05) is 115 Å². The largest absolute Gasteiger partial charge is 0.456 e. The summed E-state index contributed by atoms with van der Waals surface area (Å²) in [5.41, 5.74) is 15.3. The first kappa shape index (κ1) is 26.6. The lowest BCUT2D eigenvalue weighted by molar-refractivity contribution is 0.110. The second kappa shape index (κ2) is 11.0. The maximum Gasteiger partial charge on any atom is 0.136 e. The summed E-state index contributed by atoms with van der Waals surface area (Å²) in [6.07, 6.45) is 0. The van der Waals surface area contributed by atoms with Crippen LogP contribution in [-0.4, -0.2) is 4.98 Å². The summed E-state index contributed by atoms with van der Waals surface area (Å²) in [5, 5.41) is 2.28. The number of para-hydroxylation sites is 1. The molecule has 8 aromatic rings. The van der Waals surface area contributed by atoms with Crippen molar-refractivity contribution in [3.8, 4) is 55.9 Å². The molecule has 1 aliphatic rings. The first-order valence-electron chi connectivity index (χ1n) is 15.7. The summed E-state index contributed by atoms with van der Waals surface area (Å²) in [7, 11) is 0. The van der Waals surface area contributed by atoms with Crippen molar-refractivity contribution in [2.45, 2.75) is 13.2 Å². The van der Waals surface area contributed by atoms with Gasteiger partial charge in [0.25, 0.3) is 0 Å². The Kier molecular flexibility index (Phi) is 6.36. The highest BCUT2D eigenvalue weighted by atomic mass is 16.5. The molecule has 0 aliphatic carbocycles. The summed E-state index contributed by atoms with van der Waals surface area (Å²) in [6.45, 7) is 1.15. The fraction of sp³-hybridized carbons (Fsp3) is 0.0465. The number of aromatic nitrogens is 1. The molecule has 0 radical (unpaired) electrons. The van der Waals surface area contributed by atoms with E-state index in [2.05, 4.69) is 127 Å². The Bertz CT molecular complexity index is 2330. The van der Waals surface area contributed by atoms with Crippen molar-refractivity contribution in [1.82, 2.24) is 4.98 Å². The number of hydrogen-bond donors (Lipinski definition) is 0. The van der Waals surface area contributed by atoms with Crippen molar-refractivity contribution in [2.75, 3.05) is 0 Å². The standard InChI is InChI=1S/C43H29NO2/c1-3-10-28(11-4-1)39-24-34(25-40(44-39)29-12-5-2-6-13-29)30-18-20-32-26-45-27-33-21-19-31(23-38(33)37(32)22-30)35-15-9-17-42-43(35)36-14-7-8-16-41(36)46-42/h1-25H,26-27H2. The zero-order chi connectivity index (χ0) is 30.5. The second-order valence-electron chi connectivity index (χ2n) is 11.9. The summed E-state index contributed by atoms with van der Waals surface area (Å²) >= 11 is 0. The van der Waals surface area contributed by atoms with Gasteiger partial charge in [0.1, 0.15) is 11.2 Å². The fourth-order valence-electron chi connectivity index (χ4n) is 6.75. The number of rotatable bonds is 4. The number of ether oxygens (including phenoxy) is 1. The van der Waals surface area contributed by atoms with E-state index in [9.17, 15) is 0 Å². The number of nitrogens with zero attached hydrogens (tertiary/aromatic N) is 1. The Balaban J connectivity index is 1.21. The maximum absolute atomic E-state index is 6.23. The first-order valence-corrected chi connectivity index (χ1v) is 15.7. The van der Waals surface area contributed by atoms with E-state index in [4.69, 9.17) is 14.1 Å². The Labute approximate surface area is 267 Å². The minimum absolute atomic E-state index is 0.572. The Hall–Kier alpha value is -5.77. The highest BCUT2D eigenvalue weighted by molar-refractivity contribution is 6.12. The highest BCUT2D eigenvalue weighted by Crippen LogP contribution is 2.41. The summed E-state index contributed by atoms with van der Waals surface area (Å²) in [4.78, 5) is 5.10. The van der Waals surface area contributed by atoms with E-state index in [-0.39, 0.29) is 0 Å². The van der Waals surface area contributed by atoms with Crippen LogP contribution in [-0.2, 0) is 18.0 Å². The van der Waals surface area contributed by atoms with Crippen LogP contribution in [0.1, 0.15) is 11.1 Å². The number of hydrogen-bond acceptors (Lipinski definition) is 3. The van der Waals surface area contributed by atoms with E-state index >= 15 is 0 Å². The molecule has 0 fully saturated rings. The number of furan rings is 1. The molecule has 0 unspecified atom stereocenters. The van der Waals surface area contributed by atoms with Gasteiger partial charge in [0, 0.05) is 21.9 Å². The molecular formula is C43H29NO2. The number of pyridine rings is 1. The molecule has 0 N–H and O–H groups in total. The van der Waals surface area contributed by atoms with E-state index in [1.807, 2.05) is 24.3 Å². The lowest BCUT2D eigenvalue weighted by Gasteiger charge is -2.15. The molecule has 46 heavy (non-hydrogen) atoms. The van der Waals surface area contributed by atoms with Crippen molar-refractivity contribution in [1.29, 1.82) is 0 Å². The fourth-order valence-corrected chi connectivity index (χ4v) is 6.75. The van der Waals surface area contributed by atoms with E-state index in [0.29, 0.717) is 13.2 Å².